The van der Waals surface area contributed by atoms with Gasteiger partial charge in [-0.05, 0) is 36.5 Å². The highest BCUT2D eigenvalue weighted by molar-refractivity contribution is 6.09. The van der Waals surface area contributed by atoms with Crippen molar-refractivity contribution in [1.82, 2.24) is 0 Å². The Balaban J connectivity index is 2.34. The third-order valence-electron chi connectivity index (χ3n) is 3.85. The molecule has 1 unspecified atom stereocenters. The van der Waals surface area contributed by atoms with Gasteiger partial charge in [0, 0.05) is 11.6 Å². The predicted octanol–water partition coefficient (Wildman–Crippen LogP) is 5.02. The molecule has 0 aromatic heterocycles. The molecule has 0 heterocycles. The van der Waals surface area contributed by atoms with Crippen molar-refractivity contribution in [3.63, 3.8) is 0 Å². The van der Waals surface area contributed by atoms with E-state index in [2.05, 4.69) is 13.8 Å². The van der Waals surface area contributed by atoms with Crippen molar-refractivity contribution in [3.8, 4) is 0 Å². The lowest BCUT2D eigenvalue weighted by atomic mass is 9.95. The van der Waals surface area contributed by atoms with Crippen molar-refractivity contribution in [3.05, 3.63) is 70.3 Å². The number of hydrogen-bond donors (Lipinski definition) is 0. The quantitative estimate of drug-likeness (QED) is 0.722. The molecular formula is C18H18F2O. The lowest BCUT2D eigenvalue weighted by molar-refractivity contribution is 0.103. The fourth-order valence-electron chi connectivity index (χ4n) is 2.19. The van der Waals surface area contributed by atoms with Crippen LogP contribution in [0.5, 0.6) is 0 Å². The van der Waals surface area contributed by atoms with Gasteiger partial charge in [0.2, 0.25) is 0 Å². The summed E-state index contributed by atoms with van der Waals surface area (Å²) in [6.45, 7) is 5.72. The smallest absolute Gasteiger partial charge is 0.195 e. The topological polar surface area (TPSA) is 17.1 Å². The van der Waals surface area contributed by atoms with Crippen LogP contribution in [-0.2, 0) is 0 Å². The molecular weight excluding hydrogens is 270 g/mol. The second-order valence-electron chi connectivity index (χ2n) is 5.34. The average Bonchev–Trinajstić information content (AvgIpc) is 2.49. The van der Waals surface area contributed by atoms with Gasteiger partial charge in [-0.25, -0.2) is 8.78 Å². The highest BCUT2D eigenvalue weighted by Crippen LogP contribution is 2.21. The lowest BCUT2D eigenvalue weighted by Crippen LogP contribution is -2.06. The summed E-state index contributed by atoms with van der Waals surface area (Å²) in [5, 5.41) is 0. The molecule has 1 nitrogen and oxygen atoms in total. The molecule has 1 atom stereocenters. The Morgan fingerprint density at radius 3 is 2.29 bits per heavy atom. The van der Waals surface area contributed by atoms with Gasteiger partial charge in [0.1, 0.15) is 11.6 Å². The van der Waals surface area contributed by atoms with Gasteiger partial charge in [0.05, 0.1) is 5.56 Å². The van der Waals surface area contributed by atoms with Crippen molar-refractivity contribution in [2.75, 3.05) is 0 Å². The van der Waals surface area contributed by atoms with E-state index in [1.807, 2.05) is 12.1 Å². The van der Waals surface area contributed by atoms with E-state index < -0.39 is 17.4 Å². The van der Waals surface area contributed by atoms with Crippen molar-refractivity contribution in [2.45, 2.75) is 33.1 Å². The maximum Gasteiger partial charge on any atom is 0.195 e. The summed E-state index contributed by atoms with van der Waals surface area (Å²) >= 11 is 0. The third-order valence-corrected chi connectivity index (χ3v) is 3.85. The number of aryl methyl sites for hydroxylation is 1. The zero-order valence-corrected chi connectivity index (χ0v) is 12.4. The number of halogens is 2. The van der Waals surface area contributed by atoms with E-state index in [0.29, 0.717) is 11.5 Å². The standard InChI is InChI=1S/C18H18F2O/c1-4-11(2)13-5-7-14(8-6-13)18(21)15-9-12(3)16(19)10-17(15)20/h5-11H,4H2,1-3H3. The minimum Gasteiger partial charge on any atom is -0.288 e. The number of carbonyl (C=O) groups is 1. The van der Waals surface area contributed by atoms with Gasteiger partial charge in [-0.2, -0.15) is 0 Å². The molecule has 2 aromatic rings. The molecule has 0 aliphatic carbocycles. The fraction of sp³-hybridized carbons (Fsp3) is 0.278. The van der Waals surface area contributed by atoms with Gasteiger partial charge >= 0.3 is 0 Å². The first-order valence-electron chi connectivity index (χ1n) is 7.04. The molecule has 0 aliphatic heterocycles. The van der Waals surface area contributed by atoms with Crippen molar-refractivity contribution >= 4 is 5.78 Å². The summed E-state index contributed by atoms with van der Waals surface area (Å²) in [7, 11) is 0. The van der Waals surface area contributed by atoms with Gasteiger partial charge < -0.3 is 0 Å². The molecule has 21 heavy (non-hydrogen) atoms. The number of benzene rings is 2. The maximum atomic E-state index is 13.8. The van der Waals surface area contributed by atoms with Gasteiger partial charge in [-0.1, -0.05) is 38.1 Å². The van der Waals surface area contributed by atoms with Crippen LogP contribution >= 0.6 is 0 Å². The SMILES string of the molecule is CCC(C)c1ccc(C(=O)c2cc(C)c(F)cc2F)cc1. The minimum atomic E-state index is -0.825. The van der Waals surface area contributed by atoms with E-state index in [1.54, 1.807) is 12.1 Å². The molecule has 110 valence electrons. The molecule has 0 saturated heterocycles. The molecule has 0 bridgehead atoms. The Bertz CT molecular complexity index is 660. The molecule has 0 saturated carbocycles. The van der Waals surface area contributed by atoms with Crippen molar-refractivity contribution in [2.24, 2.45) is 0 Å². The molecule has 2 aromatic carbocycles. The number of ketones is 1. The Morgan fingerprint density at radius 1 is 1.10 bits per heavy atom. The Kier molecular flexibility index (Phi) is 4.51. The molecule has 2 rings (SSSR count). The van der Waals surface area contributed by atoms with Crippen LogP contribution in [0.25, 0.3) is 0 Å². The zero-order chi connectivity index (χ0) is 15.6. The van der Waals surface area contributed by atoms with Crippen molar-refractivity contribution < 1.29 is 13.6 Å². The van der Waals surface area contributed by atoms with Crippen LogP contribution in [-0.4, -0.2) is 5.78 Å². The first kappa shape index (κ1) is 15.4. The highest BCUT2D eigenvalue weighted by atomic mass is 19.1. The molecule has 0 aliphatic rings. The third kappa shape index (κ3) is 3.18. The Hall–Kier alpha value is -2.03. The summed E-state index contributed by atoms with van der Waals surface area (Å²) in [4.78, 5) is 12.3. The van der Waals surface area contributed by atoms with Crippen molar-refractivity contribution in [1.29, 1.82) is 0 Å². The largest absolute Gasteiger partial charge is 0.288 e. The van der Waals surface area contributed by atoms with Gasteiger partial charge in [-0.3, -0.25) is 4.79 Å². The van der Waals surface area contributed by atoms with E-state index >= 15 is 0 Å². The lowest BCUT2D eigenvalue weighted by Gasteiger charge is -2.10. The monoisotopic (exact) mass is 288 g/mol. The van der Waals surface area contributed by atoms with Crippen LogP contribution in [0.15, 0.2) is 36.4 Å². The number of hydrogen-bond acceptors (Lipinski definition) is 1. The van der Waals surface area contributed by atoms with Crippen LogP contribution in [0.3, 0.4) is 0 Å². The van der Waals surface area contributed by atoms with Crippen LogP contribution in [0, 0.1) is 18.6 Å². The Morgan fingerprint density at radius 2 is 1.71 bits per heavy atom. The predicted molar refractivity (Wildman–Crippen MR) is 79.7 cm³/mol. The average molecular weight is 288 g/mol. The summed E-state index contributed by atoms with van der Waals surface area (Å²) in [5.74, 6) is -1.48. The van der Waals surface area contributed by atoms with Gasteiger partial charge in [0.15, 0.2) is 5.78 Å². The molecule has 0 spiro atoms. The molecule has 0 amide bonds. The van der Waals surface area contributed by atoms with Gasteiger partial charge in [0.25, 0.3) is 0 Å². The second kappa shape index (κ2) is 6.17. The Labute approximate surface area is 123 Å². The summed E-state index contributed by atoms with van der Waals surface area (Å²) in [6.07, 6.45) is 1.01. The fourth-order valence-corrected chi connectivity index (χ4v) is 2.19. The molecule has 0 radical (unpaired) electrons. The van der Waals surface area contributed by atoms with Crippen LogP contribution < -0.4 is 0 Å². The van der Waals surface area contributed by atoms with Gasteiger partial charge in [-0.15, -0.1) is 0 Å². The maximum absolute atomic E-state index is 13.8. The van der Waals surface area contributed by atoms with Crippen LogP contribution in [0.2, 0.25) is 0 Å². The van der Waals surface area contributed by atoms with E-state index in [9.17, 15) is 13.6 Å². The molecule has 0 N–H and O–H groups in total. The molecule has 3 heteroatoms. The number of carbonyl (C=O) groups excluding carboxylic acids is 1. The normalized spacial score (nSPS) is 12.2. The highest BCUT2D eigenvalue weighted by Gasteiger charge is 2.16. The van der Waals surface area contributed by atoms with Crippen LogP contribution in [0.4, 0.5) is 8.78 Å². The summed E-state index contributed by atoms with van der Waals surface area (Å²) in [5.41, 5.74) is 1.72. The minimum absolute atomic E-state index is 0.0924. The zero-order valence-electron chi connectivity index (χ0n) is 12.4. The van der Waals surface area contributed by atoms with E-state index in [0.717, 1.165) is 18.1 Å². The second-order valence-corrected chi connectivity index (χ2v) is 5.34. The summed E-state index contributed by atoms with van der Waals surface area (Å²) in [6, 6.07) is 9.18. The first-order valence-corrected chi connectivity index (χ1v) is 7.04. The summed E-state index contributed by atoms with van der Waals surface area (Å²) < 4.78 is 27.0. The number of rotatable bonds is 4. The van der Waals surface area contributed by atoms with E-state index in [1.165, 1.54) is 13.0 Å². The molecule has 0 fully saturated rings. The van der Waals surface area contributed by atoms with Crippen LogP contribution in [0.1, 0.15) is 53.2 Å². The van der Waals surface area contributed by atoms with E-state index in [4.69, 9.17) is 0 Å². The first-order chi connectivity index (χ1) is 9.93. The van der Waals surface area contributed by atoms with E-state index in [-0.39, 0.29) is 11.1 Å².